The molecule has 2 unspecified atom stereocenters. The molecule has 1 aliphatic carbocycles. The van der Waals surface area contributed by atoms with Gasteiger partial charge in [0.15, 0.2) is 0 Å². The van der Waals surface area contributed by atoms with E-state index in [1.54, 1.807) is 0 Å². The predicted octanol–water partition coefficient (Wildman–Crippen LogP) is 0.999. The fraction of sp³-hybridized carbons (Fsp3) is 0.917. The maximum absolute atomic E-state index is 12.2. The van der Waals surface area contributed by atoms with Gasteiger partial charge in [-0.25, -0.2) is 0 Å². The molecule has 0 aromatic heterocycles. The van der Waals surface area contributed by atoms with Crippen LogP contribution in [0.1, 0.15) is 33.1 Å². The number of rotatable bonds is 6. The highest BCUT2D eigenvalue weighted by molar-refractivity contribution is 5.79. The van der Waals surface area contributed by atoms with Gasteiger partial charge in [-0.1, -0.05) is 6.42 Å². The number of carbonyl (C=O) groups is 1. The Balaban J connectivity index is 2.42. The van der Waals surface area contributed by atoms with E-state index in [4.69, 9.17) is 10.5 Å². The van der Waals surface area contributed by atoms with Crippen molar-refractivity contribution in [2.75, 3.05) is 26.3 Å². The summed E-state index contributed by atoms with van der Waals surface area (Å²) in [6, 6.07) is 0.0636. The van der Waals surface area contributed by atoms with Crippen LogP contribution in [0.3, 0.4) is 0 Å². The summed E-state index contributed by atoms with van der Waals surface area (Å²) in [5.41, 5.74) is 5.95. The molecule has 0 radical (unpaired) electrons. The van der Waals surface area contributed by atoms with Gasteiger partial charge in [-0.2, -0.15) is 0 Å². The predicted molar refractivity (Wildman–Crippen MR) is 64.1 cm³/mol. The largest absolute Gasteiger partial charge is 0.380 e. The van der Waals surface area contributed by atoms with Gasteiger partial charge in [-0.05, 0) is 26.7 Å². The van der Waals surface area contributed by atoms with Gasteiger partial charge in [0.1, 0.15) is 0 Å². The van der Waals surface area contributed by atoms with E-state index in [-0.39, 0.29) is 17.9 Å². The van der Waals surface area contributed by atoms with Gasteiger partial charge in [0, 0.05) is 25.7 Å². The normalized spacial score (nSPS) is 24.7. The van der Waals surface area contributed by atoms with Crippen molar-refractivity contribution in [3.63, 3.8) is 0 Å². The van der Waals surface area contributed by atoms with Crippen LogP contribution in [0.15, 0.2) is 0 Å². The van der Waals surface area contributed by atoms with E-state index in [9.17, 15) is 4.79 Å². The van der Waals surface area contributed by atoms with Crippen molar-refractivity contribution in [2.24, 2.45) is 11.7 Å². The monoisotopic (exact) mass is 228 g/mol. The summed E-state index contributed by atoms with van der Waals surface area (Å²) in [4.78, 5) is 14.0. The van der Waals surface area contributed by atoms with E-state index in [2.05, 4.69) is 0 Å². The van der Waals surface area contributed by atoms with Gasteiger partial charge in [0.25, 0.3) is 0 Å². The summed E-state index contributed by atoms with van der Waals surface area (Å²) in [7, 11) is 0. The zero-order valence-corrected chi connectivity index (χ0v) is 10.4. The van der Waals surface area contributed by atoms with Crippen LogP contribution in [0.2, 0.25) is 0 Å². The molecule has 4 heteroatoms. The number of likely N-dealkylation sites (N-methyl/N-ethyl adjacent to an activating group) is 1. The minimum absolute atomic E-state index is 0.0431. The molecule has 2 N–H and O–H groups in total. The van der Waals surface area contributed by atoms with Crippen LogP contribution in [0, 0.1) is 5.92 Å². The number of amides is 1. The van der Waals surface area contributed by atoms with E-state index in [0.29, 0.717) is 19.8 Å². The molecule has 0 bridgehead atoms. The second-order valence-electron chi connectivity index (χ2n) is 4.32. The van der Waals surface area contributed by atoms with Crippen LogP contribution in [0.5, 0.6) is 0 Å². The highest BCUT2D eigenvalue weighted by Crippen LogP contribution is 2.25. The molecule has 1 rings (SSSR count). The quantitative estimate of drug-likeness (QED) is 0.690. The third-order valence-electron chi connectivity index (χ3n) is 3.29. The average molecular weight is 228 g/mol. The second kappa shape index (κ2) is 6.86. The zero-order valence-electron chi connectivity index (χ0n) is 10.4. The SMILES string of the molecule is CCOCCN(CC)C(=O)C1CCCC1N. The summed E-state index contributed by atoms with van der Waals surface area (Å²) >= 11 is 0. The van der Waals surface area contributed by atoms with E-state index < -0.39 is 0 Å². The van der Waals surface area contributed by atoms with Crippen LogP contribution in [0.25, 0.3) is 0 Å². The molecule has 0 heterocycles. The molecular formula is C12H24N2O2. The molecule has 4 nitrogen and oxygen atoms in total. The minimum atomic E-state index is 0.0431. The number of nitrogens with two attached hydrogens (primary N) is 1. The molecule has 16 heavy (non-hydrogen) atoms. The van der Waals surface area contributed by atoms with Gasteiger partial charge >= 0.3 is 0 Å². The Bertz CT molecular complexity index is 221. The van der Waals surface area contributed by atoms with Crippen molar-refractivity contribution in [3.8, 4) is 0 Å². The van der Waals surface area contributed by atoms with Gasteiger partial charge < -0.3 is 15.4 Å². The smallest absolute Gasteiger partial charge is 0.227 e. The summed E-state index contributed by atoms with van der Waals surface area (Å²) < 4.78 is 5.28. The molecule has 1 fully saturated rings. The highest BCUT2D eigenvalue weighted by atomic mass is 16.5. The number of hydrogen-bond donors (Lipinski definition) is 1. The van der Waals surface area contributed by atoms with E-state index in [1.165, 1.54) is 0 Å². The van der Waals surface area contributed by atoms with Gasteiger partial charge in [-0.15, -0.1) is 0 Å². The second-order valence-corrected chi connectivity index (χ2v) is 4.32. The first-order valence-corrected chi connectivity index (χ1v) is 6.32. The van der Waals surface area contributed by atoms with Crippen molar-refractivity contribution in [1.82, 2.24) is 4.90 Å². The Morgan fingerprint density at radius 1 is 1.44 bits per heavy atom. The van der Waals surface area contributed by atoms with E-state index >= 15 is 0 Å². The summed E-state index contributed by atoms with van der Waals surface area (Å²) in [5.74, 6) is 0.258. The molecular weight excluding hydrogens is 204 g/mol. The molecule has 1 aliphatic rings. The van der Waals surface area contributed by atoms with Gasteiger partial charge in [0.2, 0.25) is 5.91 Å². The number of ether oxygens (including phenoxy) is 1. The molecule has 0 aromatic rings. The average Bonchev–Trinajstić information content (AvgIpc) is 2.70. The number of carbonyl (C=O) groups excluding carboxylic acids is 1. The molecule has 1 amide bonds. The van der Waals surface area contributed by atoms with Crippen molar-refractivity contribution >= 4 is 5.91 Å². The lowest BCUT2D eigenvalue weighted by molar-refractivity contribution is -0.136. The first kappa shape index (κ1) is 13.5. The van der Waals surface area contributed by atoms with Crippen molar-refractivity contribution in [1.29, 1.82) is 0 Å². The number of hydrogen-bond acceptors (Lipinski definition) is 3. The van der Waals surface area contributed by atoms with E-state index in [1.807, 2.05) is 18.7 Å². The first-order chi connectivity index (χ1) is 7.70. The maximum Gasteiger partial charge on any atom is 0.227 e. The van der Waals surface area contributed by atoms with E-state index in [0.717, 1.165) is 25.8 Å². The minimum Gasteiger partial charge on any atom is -0.380 e. The summed E-state index contributed by atoms with van der Waals surface area (Å²) in [6.45, 7) is 6.73. The van der Waals surface area contributed by atoms with Crippen molar-refractivity contribution < 1.29 is 9.53 Å². The van der Waals surface area contributed by atoms with Crippen LogP contribution < -0.4 is 5.73 Å². The fourth-order valence-electron chi connectivity index (χ4n) is 2.27. The topological polar surface area (TPSA) is 55.6 Å². The first-order valence-electron chi connectivity index (χ1n) is 6.32. The molecule has 94 valence electrons. The number of nitrogens with zero attached hydrogens (tertiary/aromatic N) is 1. The van der Waals surface area contributed by atoms with Crippen LogP contribution in [-0.2, 0) is 9.53 Å². The lowest BCUT2D eigenvalue weighted by Gasteiger charge is -2.26. The van der Waals surface area contributed by atoms with Crippen LogP contribution in [-0.4, -0.2) is 43.2 Å². The van der Waals surface area contributed by atoms with Crippen LogP contribution >= 0.6 is 0 Å². The lowest BCUT2D eigenvalue weighted by atomic mass is 10.0. The Morgan fingerprint density at radius 3 is 2.69 bits per heavy atom. The molecule has 0 aliphatic heterocycles. The molecule has 0 saturated heterocycles. The molecule has 0 spiro atoms. The zero-order chi connectivity index (χ0) is 12.0. The summed E-state index contributed by atoms with van der Waals surface area (Å²) in [5, 5.41) is 0. The van der Waals surface area contributed by atoms with Crippen molar-refractivity contribution in [3.05, 3.63) is 0 Å². The fourth-order valence-corrected chi connectivity index (χ4v) is 2.27. The Hall–Kier alpha value is -0.610. The third-order valence-corrected chi connectivity index (χ3v) is 3.29. The summed E-state index contributed by atoms with van der Waals surface area (Å²) in [6.07, 6.45) is 3.02. The van der Waals surface area contributed by atoms with Crippen molar-refractivity contribution in [2.45, 2.75) is 39.2 Å². The Kier molecular flexibility index (Phi) is 5.77. The molecule has 0 aromatic carbocycles. The molecule has 1 saturated carbocycles. The lowest BCUT2D eigenvalue weighted by Crippen LogP contribution is -2.43. The highest BCUT2D eigenvalue weighted by Gasteiger charge is 2.32. The molecule has 2 atom stereocenters. The maximum atomic E-state index is 12.2. The van der Waals surface area contributed by atoms with Crippen LogP contribution in [0.4, 0.5) is 0 Å². The Labute approximate surface area is 98.1 Å². The third kappa shape index (κ3) is 3.46. The van der Waals surface area contributed by atoms with Gasteiger partial charge in [-0.3, -0.25) is 4.79 Å². The Morgan fingerprint density at radius 2 is 2.19 bits per heavy atom. The standard InChI is InChI=1S/C12H24N2O2/c1-3-14(8-9-16-4-2)12(15)10-6-5-7-11(10)13/h10-11H,3-9,13H2,1-2H3. The van der Waals surface area contributed by atoms with Gasteiger partial charge in [0.05, 0.1) is 12.5 Å².